The summed E-state index contributed by atoms with van der Waals surface area (Å²) in [6, 6.07) is 0. The first kappa shape index (κ1) is 14.9. The predicted molar refractivity (Wildman–Crippen MR) is 63.0 cm³/mol. The van der Waals surface area contributed by atoms with E-state index in [1.54, 1.807) is 4.90 Å². The number of methoxy groups -OCH3 is 1. The molecule has 0 aliphatic carbocycles. The van der Waals surface area contributed by atoms with E-state index in [0.29, 0.717) is 19.5 Å². The Balaban J connectivity index is 3.87. The molecular weight excluding hydrogens is 206 g/mol. The van der Waals surface area contributed by atoms with Gasteiger partial charge in [0, 0.05) is 19.5 Å². The molecule has 0 aliphatic rings. The van der Waals surface area contributed by atoms with Crippen molar-refractivity contribution < 1.29 is 14.3 Å². The molecule has 0 aromatic heterocycles. The summed E-state index contributed by atoms with van der Waals surface area (Å²) in [7, 11) is 1.36. The van der Waals surface area contributed by atoms with Gasteiger partial charge in [0.05, 0.1) is 13.5 Å². The van der Waals surface area contributed by atoms with E-state index in [-0.39, 0.29) is 18.3 Å². The Morgan fingerprint density at radius 3 is 2.31 bits per heavy atom. The monoisotopic (exact) mass is 229 g/mol. The van der Waals surface area contributed by atoms with Crippen molar-refractivity contribution in [3.8, 4) is 0 Å². The normalized spacial score (nSPS) is 9.94. The molecule has 0 atom stereocenters. The third kappa shape index (κ3) is 6.43. The number of amides is 1. The van der Waals surface area contributed by atoms with Crippen molar-refractivity contribution in [3.05, 3.63) is 0 Å². The van der Waals surface area contributed by atoms with Crippen molar-refractivity contribution in [3.63, 3.8) is 0 Å². The van der Waals surface area contributed by atoms with Gasteiger partial charge in [-0.25, -0.2) is 0 Å². The molecule has 0 heterocycles. The van der Waals surface area contributed by atoms with Crippen LogP contribution < -0.4 is 0 Å². The van der Waals surface area contributed by atoms with Gasteiger partial charge >= 0.3 is 5.97 Å². The highest BCUT2D eigenvalue weighted by molar-refractivity contribution is 5.77. The molecule has 0 N–H and O–H groups in total. The zero-order valence-corrected chi connectivity index (χ0v) is 10.6. The van der Waals surface area contributed by atoms with E-state index in [1.807, 2.05) is 6.92 Å². The van der Waals surface area contributed by atoms with Crippen LogP contribution >= 0.6 is 0 Å². The van der Waals surface area contributed by atoms with Crippen molar-refractivity contribution >= 4 is 11.9 Å². The minimum absolute atomic E-state index is 0.139. The number of hydrogen-bond donors (Lipinski definition) is 0. The number of nitrogens with zero attached hydrogens (tertiary/aromatic N) is 1. The largest absolute Gasteiger partial charge is 0.469 e. The van der Waals surface area contributed by atoms with Crippen LogP contribution in [0.25, 0.3) is 0 Å². The number of hydrogen-bond acceptors (Lipinski definition) is 3. The highest BCUT2D eigenvalue weighted by Gasteiger charge is 2.12. The highest BCUT2D eigenvalue weighted by atomic mass is 16.5. The van der Waals surface area contributed by atoms with Gasteiger partial charge in [-0.05, 0) is 13.3 Å². The van der Waals surface area contributed by atoms with Gasteiger partial charge in [0.25, 0.3) is 0 Å². The average Bonchev–Trinajstić information content (AvgIpc) is 2.29. The minimum atomic E-state index is -0.264. The Bertz CT molecular complexity index is 216. The van der Waals surface area contributed by atoms with Crippen molar-refractivity contribution in [2.45, 2.75) is 46.0 Å². The summed E-state index contributed by atoms with van der Waals surface area (Å²) in [4.78, 5) is 24.4. The molecule has 0 rings (SSSR count). The van der Waals surface area contributed by atoms with Crippen LogP contribution in [0, 0.1) is 0 Å². The molecule has 4 nitrogen and oxygen atoms in total. The van der Waals surface area contributed by atoms with E-state index in [9.17, 15) is 9.59 Å². The van der Waals surface area contributed by atoms with E-state index in [1.165, 1.54) is 7.11 Å². The van der Waals surface area contributed by atoms with Crippen LogP contribution in [-0.2, 0) is 14.3 Å². The molecular formula is C12H23NO3. The number of carbonyl (C=O) groups is 2. The van der Waals surface area contributed by atoms with Gasteiger partial charge < -0.3 is 9.64 Å². The Morgan fingerprint density at radius 2 is 1.81 bits per heavy atom. The molecule has 94 valence electrons. The summed E-state index contributed by atoms with van der Waals surface area (Å²) in [6.07, 6.45) is 4.00. The van der Waals surface area contributed by atoms with Crippen LogP contribution in [0.3, 0.4) is 0 Å². The maximum Gasteiger partial charge on any atom is 0.307 e. The number of ether oxygens (including phenoxy) is 1. The molecule has 1 amide bonds. The molecule has 0 bridgehead atoms. The van der Waals surface area contributed by atoms with Crippen LogP contribution in [0.2, 0.25) is 0 Å². The van der Waals surface area contributed by atoms with E-state index < -0.39 is 0 Å². The van der Waals surface area contributed by atoms with E-state index >= 15 is 0 Å². The van der Waals surface area contributed by atoms with E-state index in [4.69, 9.17) is 0 Å². The summed E-state index contributed by atoms with van der Waals surface area (Å²) in [5.74, 6) is -0.125. The molecule has 0 aromatic carbocycles. The zero-order chi connectivity index (χ0) is 12.4. The molecule has 0 aromatic rings. The summed E-state index contributed by atoms with van der Waals surface area (Å²) in [5, 5.41) is 0. The second-order valence-corrected chi connectivity index (χ2v) is 3.76. The first-order valence-corrected chi connectivity index (χ1v) is 6.00. The Hall–Kier alpha value is -1.06. The number of rotatable bonds is 8. The molecule has 0 spiro atoms. The minimum Gasteiger partial charge on any atom is -0.469 e. The molecule has 0 fully saturated rings. The molecule has 0 aliphatic heterocycles. The van der Waals surface area contributed by atoms with Crippen LogP contribution in [0.15, 0.2) is 0 Å². The second-order valence-electron chi connectivity index (χ2n) is 3.76. The van der Waals surface area contributed by atoms with E-state index in [2.05, 4.69) is 11.7 Å². The van der Waals surface area contributed by atoms with Crippen molar-refractivity contribution in [1.29, 1.82) is 0 Å². The lowest BCUT2D eigenvalue weighted by atomic mass is 10.2. The molecule has 0 unspecified atom stereocenters. The fourth-order valence-electron chi connectivity index (χ4n) is 1.47. The van der Waals surface area contributed by atoms with Crippen LogP contribution in [0.1, 0.15) is 46.0 Å². The Kier molecular flexibility index (Phi) is 8.58. The van der Waals surface area contributed by atoms with Crippen LogP contribution in [-0.4, -0.2) is 37.0 Å². The number of esters is 1. The third-order valence-electron chi connectivity index (χ3n) is 2.54. The topological polar surface area (TPSA) is 46.6 Å². The lowest BCUT2D eigenvalue weighted by Gasteiger charge is -2.20. The summed E-state index contributed by atoms with van der Waals surface area (Å²) in [5.41, 5.74) is 0. The van der Waals surface area contributed by atoms with Gasteiger partial charge in [-0.1, -0.05) is 19.8 Å². The first-order chi connectivity index (χ1) is 7.65. The van der Waals surface area contributed by atoms with Gasteiger partial charge in [-0.3, -0.25) is 9.59 Å². The van der Waals surface area contributed by atoms with Gasteiger partial charge in [0.2, 0.25) is 5.91 Å². The summed E-state index contributed by atoms with van der Waals surface area (Å²) >= 11 is 0. The number of carbonyl (C=O) groups excluding carboxylic acids is 2. The zero-order valence-electron chi connectivity index (χ0n) is 10.6. The van der Waals surface area contributed by atoms with Crippen molar-refractivity contribution in [2.24, 2.45) is 0 Å². The summed E-state index contributed by atoms with van der Waals surface area (Å²) in [6.45, 7) is 5.16. The van der Waals surface area contributed by atoms with Gasteiger partial charge in [0.1, 0.15) is 0 Å². The molecule has 0 saturated heterocycles. The lowest BCUT2D eigenvalue weighted by molar-refractivity contribution is -0.141. The lowest BCUT2D eigenvalue weighted by Crippen LogP contribution is -2.32. The third-order valence-corrected chi connectivity index (χ3v) is 2.54. The van der Waals surface area contributed by atoms with Crippen molar-refractivity contribution in [1.82, 2.24) is 4.90 Å². The Labute approximate surface area is 98.0 Å². The Morgan fingerprint density at radius 1 is 1.12 bits per heavy atom. The standard InChI is InChI=1S/C12H23NO3/c1-4-6-7-8-11(14)13(5-2)10-9-12(15)16-3/h4-10H2,1-3H3. The van der Waals surface area contributed by atoms with Gasteiger partial charge in [-0.15, -0.1) is 0 Å². The fourth-order valence-corrected chi connectivity index (χ4v) is 1.47. The quantitative estimate of drug-likeness (QED) is 0.472. The van der Waals surface area contributed by atoms with E-state index in [0.717, 1.165) is 19.3 Å². The fraction of sp³-hybridized carbons (Fsp3) is 0.833. The first-order valence-electron chi connectivity index (χ1n) is 6.00. The second kappa shape index (κ2) is 9.19. The highest BCUT2D eigenvalue weighted by Crippen LogP contribution is 2.04. The van der Waals surface area contributed by atoms with Crippen LogP contribution in [0.4, 0.5) is 0 Å². The molecule has 16 heavy (non-hydrogen) atoms. The number of unbranched alkanes of at least 4 members (excludes halogenated alkanes) is 2. The van der Waals surface area contributed by atoms with Gasteiger partial charge in [-0.2, -0.15) is 0 Å². The molecule has 0 radical (unpaired) electrons. The maximum atomic E-state index is 11.7. The van der Waals surface area contributed by atoms with Gasteiger partial charge in [0.15, 0.2) is 0 Å². The SMILES string of the molecule is CCCCCC(=O)N(CC)CCC(=O)OC. The predicted octanol–water partition coefficient (Wildman–Crippen LogP) is 1.98. The molecule has 0 saturated carbocycles. The summed E-state index contributed by atoms with van der Waals surface area (Å²) < 4.78 is 4.55. The maximum absolute atomic E-state index is 11.7. The van der Waals surface area contributed by atoms with Crippen molar-refractivity contribution in [2.75, 3.05) is 20.2 Å². The molecule has 4 heteroatoms. The van der Waals surface area contributed by atoms with Crippen LogP contribution in [0.5, 0.6) is 0 Å². The smallest absolute Gasteiger partial charge is 0.307 e. The average molecular weight is 229 g/mol.